The van der Waals surface area contributed by atoms with Crippen LogP contribution in [0.1, 0.15) is 6.42 Å². The molecular formula is C12H18N2O8. The molecule has 0 aromatic heterocycles. The maximum atomic E-state index is 10.6. The zero-order chi connectivity index (χ0) is 16.1. The third-order valence-corrected chi connectivity index (χ3v) is 5.40. The van der Waals surface area contributed by atoms with E-state index in [1.54, 1.807) is 0 Å². The van der Waals surface area contributed by atoms with Gasteiger partial charge in [-0.15, -0.1) is 0 Å². The van der Waals surface area contributed by atoms with Crippen molar-refractivity contribution in [3.8, 4) is 0 Å². The van der Waals surface area contributed by atoms with E-state index in [-0.39, 0.29) is 12.3 Å². The Balaban J connectivity index is 1.97. The standard InChI is InChI=1S/C12H18N2O8/c13-4-1-3(16)5-7-10(19,2-15)8-6(17)11(5,14-4)9(18)12(20,21-7)22-8/h3,5-9,15-20H,1-2H2,(H2,13,14). The van der Waals surface area contributed by atoms with E-state index in [0.717, 1.165) is 0 Å². The van der Waals surface area contributed by atoms with Gasteiger partial charge in [-0.25, -0.2) is 0 Å². The first-order chi connectivity index (χ1) is 10.2. The van der Waals surface area contributed by atoms with Gasteiger partial charge >= 0.3 is 5.97 Å². The van der Waals surface area contributed by atoms with Gasteiger partial charge in [-0.05, 0) is 0 Å². The minimum Gasteiger partial charge on any atom is -0.393 e. The van der Waals surface area contributed by atoms with Crippen molar-refractivity contribution in [2.24, 2.45) is 16.6 Å². The second kappa shape index (κ2) is 3.97. The Morgan fingerprint density at radius 1 is 1.18 bits per heavy atom. The van der Waals surface area contributed by atoms with Crippen LogP contribution in [0.15, 0.2) is 4.99 Å². The van der Waals surface area contributed by atoms with Crippen LogP contribution in [0.4, 0.5) is 0 Å². The summed E-state index contributed by atoms with van der Waals surface area (Å²) in [4.78, 5) is 4.12. The molecule has 1 spiro atoms. The Hall–Kier alpha value is -0.850. The maximum Gasteiger partial charge on any atom is 0.311 e. The second-order valence-electron chi connectivity index (χ2n) is 6.49. The molecular weight excluding hydrogens is 300 g/mol. The predicted octanol–water partition coefficient (Wildman–Crippen LogP) is -4.63. The van der Waals surface area contributed by atoms with E-state index >= 15 is 0 Å². The molecule has 1 saturated carbocycles. The van der Waals surface area contributed by atoms with E-state index in [1.807, 2.05) is 0 Å². The van der Waals surface area contributed by atoms with Gasteiger partial charge < -0.3 is 45.8 Å². The van der Waals surface area contributed by atoms with Crippen LogP contribution in [0, 0.1) is 5.92 Å². The van der Waals surface area contributed by atoms with Gasteiger partial charge in [-0.2, -0.15) is 0 Å². The number of hydrogen-bond acceptors (Lipinski definition) is 10. The molecule has 1 aliphatic carbocycles. The van der Waals surface area contributed by atoms with E-state index in [1.165, 1.54) is 0 Å². The largest absolute Gasteiger partial charge is 0.393 e. The Labute approximate surface area is 124 Å². The Morgan fingerprint density at radius 2 is 1.82 bits per heavy atom. The zero-order valence-electron chi connectivity index (χ0n) is 11.4. The van der Waals surface area contributed by atoms with Gasteiger partial charge in [-0.1, -0.05) is 0 Å². The summed E-state index contributed by atoms with van der Waals surface area (Å²) in [5, 5.41) is 61.9. The molecule has 10 heteroatoms. The SMILES string of the molecule is NC1=NC23C(O)C4OC(O)(OC(C2C(O)C1)C4(O)CO)C3O. The highest BCUT2D eigenvalue weighted by Crippen LogP contribution is 2.60. The van der Waals surface area contributed by atoms with E-state index in [0.29, 0.717) is 0 Å². The third kappa shape index (κ3) is 1.32. The smallest absolute Gasteiger partial charge is 0.311 e. The van der Waals surface area contributed by atoms with Crippen LogP contribution in [0.25, 0.3) is 0 Å². The van der Waals surface area contributed by atoms with Gasteiger partial charge in [0.15, 0.2) is 6.10 Å². The van der Waals surface area contributed by atoms with E-state index in [2.05, 4.69) is 4.99 Å². The summed E-state index contributed by atoms with van der Waals surface area (Å²) in [6.45, 7) is -0.829. The van der Waals surface area contributed by atoms with Crippen LogP contribution in [0.2, 0.25) is 0 Å². The molecule has 5 rings (SSSR count). The Morgan fingerprint density at radius 3 is 2.45 bits per heavy atom. The lowest BCUT2D eigenvalue weighted by molar-refractivity contribution is -0.546. The molecule has 0 radical (unpaired) electrons. The normalized spacial score (nSPS) is 62.7. The fraction of sp³-hybridized carbons (Fsp3) is 0.917. The number of nitrogens with zero attached hydrogens (tertiary/aromatic N) is 1. The van der Waals surface area contributed by atoms with Gasteiger partial charge in [0.1, 0.15) is 29.5 Å². The number of aliphatic imine (C=N–C) groups is 1. The summed E-state index contributed by atoms with van der Waals surface area (Å²) in [6, 6.07) is 0. The summed E-state index contributed by atoms with van der Waals surface area (Å²) in [6.07, 6.45) is -7.39. The van der Waals surface area contributed by atoms with Crippen LogP contribution < -0.4 is 5.73 Å². The van der Waals surface area contributed by atoms with Crippen molar-refractivity contribution < 1.29 is 40.1 Å². The topological polar surface area (TPSA) is 178 Å². The van der Waals surface area contributed by atoms with Crippen LogP contribution in [0.3, 0.4) is 0 Å². The molecule has 10 nitrogen and oxygen atoms in total. The van der Waals surface area contributed by atoms with Gasteiger partial charge in [-0.3, -0.25) is 4.99 Å². The van der Waals surface area contributed by atoms with Crippen LogP contribution in [-0.2, 0) is 9.47 Å². The van der Waals surface area contributed by atoms with Crippen LogP contribution in [0.5, 0.6) is 0 Å². The molecule has 0 aromatic rings. The molecule has 4 fully saturated rings. The lowest BCUT2D eigenvalue weighted by atomic mass is 9.54. The van der Waals surface area contributed by atoms with E-state index in [9.17, 15) is 30.6 Å². The Bertz CT molecular complexity index is 559. The number of aliphatic hydroxyl groups excluding tert-OH is 4. The second-order valence-corrected chi connectivity index (χ2v) is 6.49. The molecule has 124 valence electrons. The number of ether oxygens (including phenoxy) is 2. The molecule has 3 saturated heterocycles. The van der Waals surface area contributed by atoms with Gasteiger partial charge in [0.2, 0.25) is 0 Å². The summed E-state index contributed by atoms with van der Waals surface area (Å²) in [7, 11) is 0. The first-order valence-electron chi connectivity index (χ1n) is 7.00. The molecule has 8 N–H and O–H groups in total. The number of rotatable bonds is 1. The molecule has 0 amide bonds. The van der Waals surface area contributed by atoms with Gasteiger partial charge in [0, 0.05) is 12.3 Å². The minimum atomic E-state index is -2.51. The molecule has 22 heavy (non-hydrogen) atoms. The van der Waals surface area contributed by atoms with E-state index in [4.69, 9.17) is 15.2 Å². The first kappa shape index (κ1) is 14.7. The highest BCUT2D eigenvalue weighted by atomic mass is 16.9. The lowest BCUT2D eigenvalue weighted by Crippen LogP contribution is -2.91. The molecule has 4 aliphatic heterocycles. The number of amidine groups is 1. The maximum absolute atomic E-state index is 10.6. The predicted molar refractivity (Wildman–Crippen MR) is 67.2 cm³/mol. The summed E-state index contributed by atoms with van der Waals surface area (Å²) in [5.41, 5.74) is 1.86. The average molecular weight is 318 g/mol. The van der Waals surface area contributed by atoms with Crippen molar-refractivity contribution in [3.63, 3.8) is 0 Å². The number of aliphatic hydroxyl groups is 6. The summed E-state index contributed by atoms with van der Waals surface area (Å²) < 4.78 is 10.3. The Kier molecular flexibility index (Phi) is 2.66. The van der Waals surface area contributed by atoms with Crippen molar-refractivity contribution in [3.05, 3.63) is 0 Å². The molecule has 9 unspecified atom stereocenters. The van der Waals surface area contributed by atoms with Crippen molar-refractivity contribution >= 4 is 5.84 Å². The monoisotopic (exact) mass is 318 g/mol. The van der Waals surface area contributed by atoms with Gasteiger partial charge in [0.25, 0.3) is 0 Å². The van der Waals surface area contributed by atoms with Crippen molar-refractivity contribution in [2.75, 3.05) is 6.61 Å². The zero-order valence-corrected chi connectivity index (χ0v) is 11.4. The quantitative estimate of drug-likeness (QED) is 0.250. The lowest BCUT2D eigenvalue weighted by Gasteiger charge is -2.70. The van der Waals surface area contributed by atoms with Crippen molar-refractivity contribution in [1.82, 2.24) is 0 Å². The van der Waals surface area contributed by atoms with Crippen LogP contribution in [-0.4, -0.2) is 90.7 Å². The highest BCUT2D eigenvalue weighted by Gasteiger charge is 2.82. The third-order valence-electron chi connectivity index (χ3n) is 5.40. The molecule has 9 atom stereocenters. The summed E-state index contributed by atoms with van der Waals surface area (Å²) in [5.74, 6) is -3.57. The molecule has 0 aromatic carbocycles. The minimum absolute atomic E-state index is 0.0000572. The highest BCUT2D eigenvalue weighted by molar-refractivity contribution is 5.82. The fourth-order valence-corrected chi connectivity index (χ4v) is 4.45. The average Bonchev–Trinajstić information content (AvgIpc) is 2.45. The molecule has 5 aliphatic rings. The number of nitrogens with two attached hydrogens (primary N) is 1. The number of hydrogen-bond donors (Lipinski definition) is 7. The summed E-state index contributed by atoms with van der Waals surface area (Å²) >= 11 is 0. The first-order valence-corrected chi connectivity index (χ1v) is 7.00. The van der Waals surface area contributed by atoms with Crippen LogP contribution >= 0.6 is 0 Å². The fourth-order valence-electron chi connectivity index (χ4n) is 4.45. The van der Waals surface area contributed by atoms with Crippen molar-refractivity contribution in [2.45, 2.75) is 54.1 Å². The van der Waals surface area contributed by atoms with Gasteiger partial charge in [0.05, 0.1) is 18.5 Å². The van der Waals surface area contributed by atoms with E-state index < -0.39 is 60.2 Å². The molecule has 4 heterocycles. The van der Waals surface area contributed by atoms with Crippen molar-refractivity contribution in [1.29, 1.82) is 0 Å². The molecule has 4 bridgehead atoms.